The summed E-state index contributed by atoms with van der Waals surface area (Å²) < 4.78 is 15.1. The number of rotatable bonds is 7. The molecule has 0 unspecified atom stereocenters. The van der Waals surface area contributed by atoms with Crippen LogP contribution in [0.4, 0.5) is 9.18 Å². The fraction of sp³-hybridized carbons (Fsp3) is 0.250. The van der Waals surface area contributed by atoms with E-state index >= 15 is 0 Å². The Bertz CT molecular complexity index is 864. The fourth-order valence-corrected chi connectivity index (χ4v) is 2.74. The summed E-state index contributed by atoms with van der Waals surface area (Å²) in [6.45, 7) is 3.90. The van der Waals surface area contributed by atoms with Crippen LogP contribution in [0.1, 0.15) is 23.6 Å². The highest BCUT2D eigenvalue weighted by Gasteiger charge is 2.12. The average Bonchev–Trinajstić information content (AvgIpc) is 3.18. The maximum atomic E-state index is 13.3. The van der Waals surface area contributed by atoms with Crippen LogP contribution in [0, 0.1) is 5.82 Å². The molecular weight excluding hydrogens is 345 g/mol. The predicted octanol–water partition coefficient (Wildman–Crippen LogP) is 3.20. The second-order valence-corrected chi connectivity index (χ2v) is 6.21. The number of hydrogen-bond acceptors (Lipinski definition) is 3. The first-order valence-electron chi connectivity index (χ1n) is 8.81. The van der Waals surface area contributed by atoms with Gasteiger partial charge in [-0.25, -0.2) is 18.9 Å². The lowest BCUT2D eigenvalue weighted by atomic mass is 10.1. The molecule has 0 aliphatic carbocycles. The number of hydrogen-bond donors (Lipinski definition) is 1. The normalized spacial score (nSPS) is 10.6. The van der Waals surface area contributed by atoms with Gasteiger partial charge in [-0.05, 0) is 35.7 Å². The van der Waals surface area contributed by atoms with Crippen molar-refractivity contribution in [2.45, 2.75) is 26.6 Å². The first-order valence-corrected chi connectivity index (χ1v) is 8.81. The van der Waals surface area contributed by atoms with Crippen LogP contribution in [0.3, 0.4) is 0 Å². The van der Waals surface area contributed by atoms with Crippen LogP contribution in [-0.4, -0.2) is 32.2 Å². The zero-order valence-corrected chi connectivity index (χ0v) is 15.2. The van der Waals surface area contributed by atoms with Crippen LogP contribution in [0.2, 0.25) is 0 Å². The van der Waals surface area contributed by atoms with Gasteiger partial charge in [0.2, 0.25) is 0 Å². The second kappa shape index (κ2) is 8.93. The quantitative estimate of drug-likeness (QED) is 0.698. The van der Waals surface area contributed by atoms with Gasteiger partial charge in [0, 0.05) is 19.6 Å². The Labute approximate surface area is 157 Å². The molecule has 27 heavy (non-hydrogen) atoms. The molecule has 0 aliphatic rings. The highest BCUT2D eigenvalue weighted by molar-refractivity contribution is 5.74. The zero-order valence-electron chi connectivity index (χ0n) is 15.2. The van der Waals surface area contributed by atoms with E-state index < -0.39 is 0 Å². The maximum Gasteiger partial charge on any atom is 0.317 e. The van der Waals surface area contributed by atoms with Crippen molar-refractivity contribution in [3.63, 3.8) is 0 Å². The number of nitrogens with one attached hydrogen (secondary N) is 1. The molecule has 0 spiro atoms. The molecule has 6 nitrogen and oxygen atoms in total. The molecule has 0 atom stereocenters. The molecule has 0 saturated carbocycles. The SMILES string of the molecule is CCN(Cc1cccc(F)c1)C(=O)NCc1ccc(Cn2cncn2)cc1. The van der Waals surface area contributed by atoms with E-state index in [0.29, 0.717) is 26.2 Å². The van der Waals surface area contributed by atoms with E-state index in [9.17, 15) is 9.18 Å². The number of nitrogens with zero attached hydrogens (tertiary/aromatic N) is 4. The first-order chi connectivity index (χ1) is 13.1. The van der Waals surface area contributed by atoms with E-state index in [1.54, 1.807) is 22.0 Å². The molecule has 2 aromatic carbocycles. The van der Waals surface area contributed by atoms with Crippen LogP contribution in [0.5, 0.6) is 0 Å². The number of urea groups is 1. The Balaban J connectivity index is 1.52. The van der Waals surface area contributed by atoms with Crippen molar-refractivity contribution in [3.8, 4) is 0 Å². The Kier molecular flexibility index (Phi) is 6.14. The molecule has 2 amide bonds. The average molecular weight is 367 g/mol. The van der Waals surface area contributed by atoms with Gasteiger partial charge in [-0.15, -0.1) is 0 Å². The summed E-state index contributed by atoms with van der Waals surface area (Å²) in [4.78, 5) is 18.0. The molecule has 1 heterocycles. The van der Waals surface area contributed by atoms with E-state index in [-0.39, 0.29) is 11.8 Å². The Morgan fingerprint density at radius 3 is 2.59 bits per heavy atom. The lowest BCUT2D eigenvalue weighted by molar-refractivity contribution is 0.197. The molecule has 0 aliphatic heterocycles. The number of benzene rings is 2. The molecule has 140 valence electrons. The van der Waals surface area contributed by atoms with Crippen molar-refractivity contribution in [2.75, 3.05) is 6.54 Å². The van der Waals surface area contributed by atoms with Crippen LogP contribution >= 0.6 is 0 Å². The van der Waals surface area contributed by atoms with Gasteiger partial charge in [-0.2, -0.15) is 5.10 Å². The highest BCUT2D eigenvalue weighted by atomic mass is 19.1. The summed E-state index contributed by atoms with van der Waals surface area (Å²) in [7, 11) is 0. The Morgan fingerprint density at radius 2 is 1.93 bits per heavy atom. The summed E-state index contributed by atoms with van der Waals surface area (Å²) in [6, 6.07) is 14.1. The molecule has 7 heteroatoms. The summed E-state index contributed by atoms with van der Waals surface area (Å²) in [5, 5.41) is 7.00. The van der Waals surface area contributed by atoms with Gasteiger partial charge in [-0.3, -0.25) is 0 Å². The largest absolute Gasteiger partial charge is 0.334 e. The van der Waals surface area contributed by atoms with E-state index in [1.165, 1.54) is 18.5 Å². The van der Waals surface area contributed by atoms with Crippen LogP contribution in [0.15, 0.2) is 61.2 Å². The number of aromatic nitrogens is 3. The summed E-state index contributed by atoms with van der Waals surface area (Å²) in [5.41, 5.74) is 2.88. The number of carbonyl (C=O) groups excluding carboxylic acids is 1. The third-order valence-electron chi connectivity index (χ3n) is 4.21. The molecule has 1 aromatic heterocycles. The molecule has 1 N–H and O–H groups in total. The van der Waals surface area contributed by atoms with Crippen LogP contribution < -0.4 is 5.32 Å². The van der Waals surface area contributed by atoms with Crippen molar-refractivity contribution < 1.29 is 9.18 Å². The van der Waals surface area contributed by atoms with Crippen molar-refractivity contribution in [3.05, 3.63) is 83.7 Å². The standard InChI is InChI=1S/C20H22FN5O/c1-2-25(12-18-4-3-5-19(21)10-18)20(27)23-11-16-6-8-17(9-7-16)13-26-15-22-14-24-26/h3-10,14-15H,2,11-13H2,1H3,(H,23,27). The van der Waals surface area contributed by atoms with Gasteiger partial charge < -0.3 is 10.2 Å². The van der Waals surface area contributed by atoms with E-state index in [1.807, 2.05) is 37.3 Å². The summed E-state index contributed by atoms with van der Waals surface area (Å²) in [5.74, 6) is -0.296. The molecule has 3 rings (SSSR count). The second-order valence-electron chi connectivity index (χ2n) is 6.21. The van der Waals surface area contributed by atoms with Gasteiger partial charge in [0.1, 0.15) is 18.5 Å². The lowest BCUT2D eigenvalue weighted by Gasteiger charge is -2.21. The third kappa shape index (κ3) is 5.37. The van der Waals surface area contributed by atoms with Gasteiger partial charge in [0.05, 0.1) is 6.54 Å². The summed E-state index contributed by atoms with van der Waals surface area (Å²) >= 11 is 0. The minimum Gasteiger partial charge on any atom is -0.334 e. The minimum atomic E-state index is -0.296. The smallest absolute Gasteiger partial charge is 0.317 e. The van der Waals surface area contributed by atoms with Gasteiger partial charge in [0.25, 0.3) is 0 Å². The molecule has 0 fully saturated rings. The predicted molar refractivity (Wildman–Crippen MR) is 100 cm³/mol. The lowest BCUT2D eigenvalue weighted by Crippen LogP contribution is -2.39. The monoisotopic (exact) mass is 367 g/mol. The Hall–Kier alpha value is -3.22. The molecular formula is C20H22FN5O. The first kappa shape index (κ1) is 18.6. The zero-order chi connectivity index (χ0) is 19.1. The van der Waals surface area contributed by atoms with Gasteiger partial charge in [-0.1, -0.05) is 36.4 Å². The van der Waals surface area contributed by atoms with E-state index in [0.717, 1.165) is 16.7 Å². The van der Waals surface area contributed by atoms with Crippen LogP contribution in [0.25, 0.3) is 0 Å². The summed E-state index contributed by atoms with van der Waals surface area (Å²) in [6.07, 6.45) is 3.18. The van der Waals surface area contributed by atoms with Crippen LogP contribution in [-0.2, 0) is 19.6 Å². The van der Waals surface area contributed by atoms with Gasteiger partial charge in [0.15, 0.2) is 0 Å². The van der Waals surface area contributed by atoms with Crippen molar-refractivity contribution >= 4 is 6.03 Å². The number of amides is 2. The molecule has 3 aromatic rings. The maximum absolute atomic E-state index is 13.3. The van der Waals surface area contributed by atoms with Crippen molar-refractivity contribution in [1.29, 1.82) is 0 Å². The topological polar surface area (TPSA) is 63.1 Å². The molecule has 0 saturated heterocycles. The number of carbonyl (C=O) groups is 1. The van der Waals surface area contributed by atoms with Crippen molar-refractivity contribution in [2.24, 2.45) is 0 Å². The molecule has 0 bridgehead atoms. The molecule has 0 radical (unpaired) electrons. The highest BCUT2D eigenvalue weighted by Crippen LogP contribution is 2.09. The Morgan fingerprint density at radius 1 is 1.15 bits per heavy atom. The fourth-order valence-electron chi connectivity index (χ4n) is 2.74. The minimum absolute atomic E-state index is 0.173. The third-order valence-corrected chi connectivity index (χ3v) is 4.21. The van der Waals surface area contributed by atoms with Gasteiger partial charge >= 0.3 is 6.03 Å². The van der Waals surface area contributed by atoms with E-state index in [2.05, 4.69) is 15.4 Å². The number of halogens is 1. The van der Waals surface area contributed by atoms with E-state index in [4.69, 9.17) is 0 Å². The van der Waals surface area contributed by atoms with Crippen molar-refractivity contribution in [1.82, 2.24) is 25.0 Å².